The molecule has 108 valence electrons. The predicted molar refractivity (Wildman–Crippen MR) is 73.9 cm³/mol. The Morgan fingerprint density at radius 2 is 2.10 bits per heavy atom. The van der Waals surface area contributed by atoms with Crippen LogP contribution >= 0.6 is 7.60 Å². The maximum atomic E-state index is 13.0. The first kappa shape index (κ1) is 16.3. The monoisotopic (exact) mass is 299 g/mol. The van der Waals surface area contributed by atoms with Crippen molar-refractivity contribution in [3.63, 3.8) is 0 Å². The molecule has 0 saturated carbocycles. The molecule has 0 amide bonds. The summed E-state index contributed by atoms with van der Waals surface area (Å²) in [5, 5.41) is 12.7. The van der Waals surface area contributed by atoms with Gasteiger partial charge in [-0.3, -0.25) is 9.99 Å². The average molecular weight is 299 g/mol. The van der Waals surface area contributed by atoms with E-state index >= 15 is 0 Å². The third-order valence-corrected chi connectivity index (χ3v) is 3.99. The van der Waals surface area contributed by atoms with Gasteiger partial charge in [0.25, 0.3) is 0 Å². The van der Waals surface area contributed by atoms with Gasteiger partial charge in [0.05, 0.1) is 18.9 Å². The molecule has 0 heterocycles. The Hall–Kier alpha value is -1.74. The fraction of sp³-hybridized carbons (Fsp3) is 0.333. The van der Waals surface area contributed by atoms with Crippen molar-refractivity contribution in [1.29, 1.82) is 5.26 Å². The lowest BCUT2D eigenvalue weighted by Gasteiger charge is -2.14. The van der Waals surface area contributed by atoms with Crippen LogP contribution in [0.3, 0.4) is 0 Å². The second-order valence-corrected chi connectivity index (χ2v) is 5.44. The third-order valence-electron chi connectivity index (χ3n) is 2.07. The first-order chi connectivity index (χ1) is 9.55. The molecule has 6 nitrogen and oxygen atoms in total. The maximum absolute atomic E-state index is 13.0. The van der Waals surface area contributed by atoms with Crippen LogP contribution < -0.4 is 5.43 Å². The van der Waals surface area contributed by atoms with Crippen LogP contribution in [0.1, 0.15) is 13.8 Å². The maximum Gasteiger partial charge on any atom is 0.392 e. The van der Waals surface area contributed by atoms with Crippen LogP contribution in [0, 0.1) is 17.1 Å². The molecule has 0 atom stereocenters. The summed E-state index contributed by atoms with van der Waals surface area (Å²) in [4.78, 5) is 0. The summed E-state index contributed by atoms with van der Waals surface area (Å²) in [5.41, 5.74) is 2.36. The molecule has 0 aromatic heterocycles. The minimum absolute atomic E-state index is 0.109. The van der Waals surface area contributed by atoms with Gasteiger partial charge >= 0.3 is 7.60 Å². The van der Waals surface area contributed by atoms with Crippen molar-refractivity contribution in [3.8, 4) is 6.07 Å². The molecular formula is C12H15FN3O3P. The molecule has 0 radical (unpaired) electrons. The molecule has 1 rings (SSSR count). The summed E-state index contributed by atoms with van der Waals surface area (Å²) in [6.45, 7) is 3.47. The molecule has 0 bridgehead atoms. The number of anilines is 1. The number of hydrazone groups is 1. The number of nitrogens with zero attached hydrogens (tertiary/aromatic N) is 2. The van der Waals surface area contributed by atoms with Gasteiger partial charge in [-0.15, -0.1) is 0 Å². The standard InChI is InChI=1S/C12H15FN3O3P/c1-3-18-20(17,19-4-2)12(9-14)16-15-11-7-5-6-10(13)8-11/h5-8,15H,3-4H2,1-2H3/b16-12-. The zero-order valence-corrected chi connectivity index (χ0v) is 12.1. The van der Waals surface area contributed by atoms with Crippen LogP contribution in [0.4, 0.5) is 10.1 Å². The van der Waals surface area contributed by atoms with Gasteiger partial charge < -0.3 is 9.05 Å². The Morgan fingerprint density at radius 1 is 1.45 bits per heavy atom. The van der Waals surface area contributed by atoms with E-state index in [0.717, 1.165) is 0 Å². The number of nitriles is 1. The summed E-state index contributed by atoms with van der Waals surface area (Å²) in [6.07, 6.45) is 0. The van der Waals surface area contributed by atoms with E-state index in [1.807, 2.05) is 0 Å². The Bertz CT molecular complexity index is 561. The minimum atomic E-state index is -3.75. The molecular weight excluding hydrogens is 284 g/mol. The van der Waals surface area contributed by atoms with Gasteiger partial charge in [-0.05, 0) is 32.0 Å². The Balaban J connectivity index is 2.96. The second kappa shape index (κ2) is 7.75. The van der Waals surface area contributed by atoms with Crippen molar-refractivity contribution >= 4 is 18.7 Å². The van der Waals surface area contributed by atoms with Crippen LogP contribution in [-0.4, -0.2) is 18.7 Å². The number of halogens is 1. The zero-order chi connectivity index (χ0) is 15.0. The van der Waals surface area contributed by atoms with Gasteiger partial charge in [0.2, 0.25) is 5.45 Å². The van der Waals surface area contributed by atoms with Crippen molar-refractivity contribution in [3.05, 3.63) is 30.1 Å². The first-order valence-corrected chi connectivity index (χ1v) is 7.49. The molecule has 0 saturated heterocycles. The van der Waals surface area contributed by atoms with Gasteiger partial charge in [0, 0.05) is 0 Å². The SMILES string of the molecule is CCOP(=O)(OCC)/C(C#N)=N\Nc1cccc(F)c1. The number of hydrogen-bond acceptors (Lipinski definition) is 6. The smallest absolute Gasteiger partial charge is 0.304 e. The van der Waals surface area contributed by atoms with E-state index < -0.39 is 18.9 Å². The van der Waals surface area contributed by atoms with Gasteiger partial charge in [-0.25, -0.2) is 4.39 Å². The number of nitrogens with one attached hydrogen (secondary N) is 1. The summed E-state index contributed by atoms with van der Waals surface area (Å²) < 4.78 is 35.3. The Labute approximate surface area is 116 Å². The van der Waals surface area contributed by atoms with Crippen LogP contribution in [0.25, 0.3) is 0 Å². The quantitative estimate of drug-likeness (QED) is 0.474. The second-order valence-electron chi connectivity index (χ2n) is 3.50. The van der Waals surface area contributed by atoms with E-state index in [1.165, 1.54) is 18.2 Å². The molecule has 8 heteroatoms. The third kappa shape index (κ3) is 4.42. The van der Waals surface area contributed by atoms with Crippen molar-refractivity contribution in [2.24, 2.45) is 5.10 Å². The van der Waals surface area contributed by atoms with Gasteiger partial charge in [0.1, 0.15) is 11.9 Å². The molecule has 1 aromatic carbocycles. The highest BCUT2D eigenvalue weighted by molar-refractivity contribution is 7.73. The summed E-state index contributed by atoms with van der Waals surface area (Å²) in [7, 11) is -3.75. The van der Waals surface area contributed by atoms with Crippen molar-refractivity contribution < 1.29 is 18.0 Å². The van der Waals surface area contributed by atoms with Crippen molar-refractivity contribution in [2.45, 2.75) is 13.8 Å². The van der Waals surface area contributed by atoms with E-state index in [9.17, 15) is 8.96 Å². The molecule has 0 aliphatic rings. The fourth-order valence-electron chi connectivity index (χ4n) is 1.32. The average Bonchev–Trinajstić information content (AvgIpc) is 2.40. The molecule has 1 N–H and O–H groups in total. The minimum Gasteiger partial charge on any atom is -0.304 e. The number of rotatable bonds is 7. The zero-order valence-electron chi connectivity index (χ0n) is 11.2. The molecule has 0 fully saturated rings. The van der Waals surface area contributed by atoms with E-state index in [1.54, 1.807) is 26.0 Å². The highest BCUT2D eigenvalue weighted by Crippen LogP contribution is 2.49. The van der Waals surface area contributed by atoms with Crippen LogP contribution in [0.5, 0.6) is 0 Å². The van der Waals surface area contributed by atoms with Crippen LogP contribution in [0.15, 0.2) is 29.4 Å². The largest absolute Gasteiger partial charge is 0.392 e. The lowest BCUT2D eigenvalue weighted by atomic mass is 10.3. The number of benzene rings is 1. The van der Waals surface area contributed by atoms with E-state index in [0.29, 0.717) is 5.69 Å². The van der Waals surface area contributed by atoms with Crippen molar-refractivity contribution in [2.75, 3.05) is 18.6 Å². The molecule has 0 aliphatic carbocycles. The number of hydrogen-bond donors (Lipinski definition) is 1. The molecule has 20 heavy (non-hydrogen) atoms. The molecule has 0 unspecified atom stereocenters. The lowest BCUT2D eigenvalue weighted by molar-refractivity contribution is 0.232. The van der Waals surface area contributed by atoms with Crippen LogP contribution in [0.2, 0.25) is 0 Å². The Kier molecular flexibility index (Phi) is 6.32. The molecule has 0 spiro atoms. The van der Waals surface area contributed by atoms with Gasteiger partial charge in [-0.1, -0.05) is 6.07 Å². The van der Waals surface area contributed by atoms with E-state index in [4.69, 9.17) is 14.3 Å². The van der Waals surface area contributed by atoms with E-state index in [2.05, 4.69) is 10.5 Å². The molecule has 0 aliphatic heterocycles. The van der Waals surface area contributed by atoms with Crippen LogP contribution in [-0.2, 0) is 13.6 Å². The fourth-order valence-corrected chi connectivity index (χ4v) is 2.62. The van der Waals surface area contributed by atoms with Gasteiger partial charge in [-0.2, -0.15) is 10.4 Å². The highest BCUT2D eigenvalue weighted by Gasteiger charge is 2.32. The summed E-state index contributed by atoms with van der Waals surface area (Å²) in [5.74, 6) is -0.457. The van der Waals surface area contributed by atoms with Gasteiger partial charge in [0.15, 0.2) is 0 Å². The lowest BCUT2D eigenvalue weighted by Crippen LogP contribution is -2.07. The molecule has 1 aromatic rings. The Morgan fingerprint density at radius 3 is 2.60 bits per heavy atom. The summed E-state index contributed by atoms with van der Waals surface area (Å²) >= 11 is 0. The predicted octanol–water partition coefficient (Wildman–Crippen LogP) is 3.34. The summed E-state index contributed by atoms with van der Waals surface area (Å²) in [6, 6.07) is 7.16. The first-order valence-electron chi connectivity index (χ1n) is 5.94. The van der Waals surface area contributed by atoms with E-state index in [-0.39, 0.29) is 13.2 Å². The topological polar surface area (TPSA) is 83.7 Å². The highest BCUT2D eigenvalue weighted by atomic mass is 31.2. The normalized spacial score (nSPS) is 12.0. The van der Waals surface area contributed by atoms with Crippen molar-refractivity contribution in [1.82, 2.24) is 0 Å².